The second-order valence-corrected chi connectivity index (χ2v) is 2.67. The first-order valence-electron chi connectivity index (χ1n) is 3.93. The Morgan fingerprint density at radius 3 is 3.09 bits per heavy atom. The maximum atomic E-state index is 5.25. The van der Waals surface area contributed by atoms with E-state index < -0.39 is 0 Å². The lowest BCUT2D eigenvalue weighted by atomic mass is 10.2. The lowest BCUT2D eigenvalue weighted by Crippen LogP contribution is -2.19. The van der Waals surface area contributed by atoms with Crippen LogP contribution < -0.4 is 4.90 Å². The fourth-order valence-corrected chi connectivity index (χ4v) is 1.27. The third-order valence-corrected chi connectivity index (χ3v) is 1.84. The van der Waals surface area contributed by atoms with E-state index in [4.69, 9.17) is 4.42 Å². The summed E-state index contributed by atoms with van der Waals surface area (Å²) < 4.78 is 5.25. The summed E-state index contributed by atoms with van der Waals surface area (Å²) in [6.45, 7) is 1.07. The second-order valence-electron chi connectivity index (χ2n) is 2.67. The monoisotopic (exact) mass is 149 g/mol. The topological polar surface area (TPSA) is 16.4 Å². The molecule has 0 aromatic carbocycles. The van der Waals surface area contributed by atoms with Crippen LogP contribution in [0.1, 0.15) is 12.8 Å². The van der Waals surface area contributed by atoms with Gasteiger partial charge in [0.2, 0.25) is 0 Å². The zero-order valence-electron chi connectivity index (χ0n) is 6.36. The molecule has 0 aliphatic carbocycles. The van der Waals surface area contributed by atoms with Gasteiger partial charge in [-0.05, 0) is 18.9 Å². The van der Waals surface area contributed by atoms with Crippen LogP contribution in [0.25, 0.3) is 0 Å². The fraction of sp³-hybridized carbons (Fsp3) is 0.333. The molecule has 1 aliphatic rings. The molecule has 2 heteroatoms. The number of nitrogens with zero attached hydrogens (tertiary/aromatic N) is 1. The van der Waals surface area contributed by atoms with Crippen molar-refractivity contribution in [2.45, 2.75) is 12.8 Å². The second kappa shape index (κ2) is 2.82. The number of anilines is 1. The van der Waals surface area contributed by atoms with Crippen LogP contribution >= 0.6 is 0 Å². The third kappa shape index (κ3) is 1.29. The average molecular weight is 149 g/mol. The summed E-state index contributed by atoms with van der Waals surface area (Å²) in [6, 6.07) is 3.90. The molecule has 11 heavy (non-hydrogen) atoms. The predicted molar refractivity (Wildman–Crippen MR) is 44.4 cm³/mol. The first-order chi connectivity index (χ1) is 5.47. The van der Waals surface area contributed by atoms with Gasteiger partial charge in [0.25, 0.3) is 0 Å². The number of hydrogen-bond acceptors (Lipinski definition) is 2. The molecule has 2 nitrogen and oxygen atoms in total. The van der Waals surface area contributed by atoms with Crippen LogP contribution in [0.15, 0.2) is 35.1 Å². The van der Waals surface area contributed by atoms with E-state index in [9.17, 15) is 0 Å². The standard InChI is InChI=1S/C9H11NO/c1-2-6-10(7-3-1)9-5-4-8-11-9/h2,4-6,8H,1,3,7H2. The molecule has 0 unspecified atom stereocenters. The molecule has 2 rings (SSSR count). The molecule has 0 saturated heterocycles. The van der Waals surface area contributed by atoms with Gasteiger partial charge in [-0.2, -0.15) is 0 Å². The number of hydrogen-bond donors (Lipinski definition) is 0. The zero-order chi connectivity index (χ0) is 7.52. The normalized spacial score (nSPS) is 17.3. The average Bonchev–Trinajstić information content (AvgIpc) is 2.58. The Morgan fingerprint density at radius 2 is 2.45 bits per heavy atom. The summed E-state index contributed by atoms with van der Waals surface area (Å²) in [5, 5.41) is 0. The number of furan rings is 1. The van der Waals surface area contributed by atoms with Gasteiger partial charge >= 0.3 is 0 Å². The molecule has 0 N–H and O–H groups in total. The quantitative estimate of drug-likeness (QED) is 0.609. The van der Waals surface area contributed by atoms with Crippen LogP contribution in [0, 0.1) is 0 Å². The summed E-state index contributed by atoms with van der Waals surface area (Å²) in [7, 11) is 0. The van der Waals surface area contributed by atoms with Gasteiger partial charge in [0.1, 0.15) is 0 Å². The molecule has 2 heterocycles. The third-order valence-electron chi connectivity index (χ3n) is 1.84. The Morgan fingerprint density at radius 1 is 1.45 bits per heavy atom. The first-order valence-corrected chi connectivity index (χ1v) is 3.93. The summed E-state index contributed by atoms with van der Waals surface area (Å²) in [5.74, 6) is 0.945. The highest BCUT2D eigenvalue weighted by molar-refractivity contribution is 5.39. The van der Waals surface area contributed by atoms with Crippen molar-refractivity contribution in [3.8, 4) is 0 Å². The summed E-state index contributed by atoms with van der Waals surface area (Å²) in [4.78, 5) is 2.13. The highest BCUT2D eigenvalue weighted by Gasteiger charge is 2.06. The highest BCUT2D eigenvalue weighted by Crippen LogP contribution is 2.18. The highest BCUT2D eigenvalue weighted by atomic mass is 16.3. The Kier molecular flexibility index (Phi) is 1.68. The SMILES string of the molecule is C1=CN(c2ccco2)CCC1. The van der Waals surface area contributed by atoms with Crippen molar-refractivity contribution in [1.29, 1.82) is 0 Å². The molecule has 1 aromatic rings. The van der Waals surface area contributed by atoms with E-state index in [1.54, 1.807) is 6.26 Å². The molecule has 0 amide bonds. The van der Waals surface area contributed by atoms with Crippen molar-refractivity contribution in [3.05, 3.63) is 30.7 Å². The number of allylic oxidation sites excluding steroid dienone is 1. The van der Waals surface area contributed by atoms with E-state index in [0.29, 0.717) is 0 Å². The van der Waals surface area contributed by atoms with Crippen molar-refractivity contribution < 1.29 is 4.42 Å². The van der Waals surface area contributed by atoms with E-state index in [2.05, 4.69) is 17.2 Å². The first kappa shape index (κ1) is 6.53. The fourth-order valence-electron chi connectivity index (χ4n) is 1.27. The molecule has 0 bridgehead atoms. The minimum absolute atomic E-state index is 0.945. The van der Waals surface area contributed by atoms with E-state index in [0.717, 1.165) is 12.4 Å². The van der Waals surface area contributed by atoms with E-state index in [-0.39, 0.29) is 0 Å². The van der Waals surface area contributed by atoms with Crippen LogP contribution in [-0.4, -0.2) is 6.54 Å². The smallest absolute Gasteiger partial charge is 0.199 e. The summed E-state index contributed by atoms with van der Waals surface area (Å²) in [6.07, 6.45) is 8.38. The Balaban J connectivity index is 2.16. The summed E-state index contributed by atoms with van der Waals surface area (Å²) in [5.41, 5.74) is 0. The van der Waals surface area contributed by atoms with E-state index in [1.165, 1.54) is 12.8 Å². The maximum Gasteiger partial charge on any atom is 0.199 e. The number of rotatable bonds is 1. The van der Waals surface area contributed by atoms with Gasteiger partial charge in [-0.1, -0.05) is 6.08 Å². The van der Waals surface area contributed by atoms with Crippen molar-refractivity contribution in [1.82, 2.24) is 0 Å². The van der Waals surface area contributed by atoms with Crippen LogP contribution in [0.5, 0.6) is 0 Å². The van der Waals surface area contributed by atoms with Crippen LogP contribution in [0.4, 0.5) is 5.88 Å². The zero-order valence-corrected chi connectivity index (χ0v) is 6.36. The van der Waals surface area contributed by atoms with E-state index >= 15 is 0 Å². The van der Waals surface area contributed by atoms with Crippen molar-refractivity contribution >= 4 is 5.88 Å². The molecule has 1 aliphatic heterocycles. The Labute approximate surface area is 66.1 Å². The molecular formula is C9H11NO. The van der Waals surface area contributed by atoms with Crippen molar-refractivity contribution in [2.24, 2.45) is 0 Å². The van der Waals surface area contributed by atoms with E-state index in [1.807, 2.05) is 12.1 Å². The van der Waals surface area contributed by atoms with Crippen LogP contribution in [0.2, 0.25) is 0 Å². The molecule has 0 saturated carbocycles. The molecule has 0 radical (unpaired) electrons. The Hall–Kier alpha value is -1.18. The van der Waals surface area contributed by atoms with Gasteiger partial charge in [0.15, 0.2) is 5.88 Å². The molecule has 58 valence electrons. The van der Waals surface area contributed by atoms with Gasteiger partial charge < -0.3 is 9.32 Å². The van der Waals surface area contributed by atoms with Crippen LogP contribution in [-0.2, 0) is 0 Å². The summed E-state index contributed by atoms with van der Waals surface area (Å²) >= 11 is 0. The van der Waals surface area contributed by atoms with Crippen molar-refractivity contribution in [2.75, 3.05) is 11.4 Å². The minimum atomic E-state index is 0.945. The predicted octanol–water partition coefficient (Wildman–Crippen LogP) is 2.39. The largest absolute Gasteiger partial charge is 0.448 e. The minimum Gasteiger partial charge on any atom is -0.448 e. The molecule has 0 spiro atoms. The Bertz CT molecular complexity index is 238. The van der Waals surface area contributed by atoms with Gasteiger partial charge in [-0.3, -0.25) is 0 Å². The van der Waals surface area contributed by atoms with Gasteiger partial charge in [-0.25, -0.2) is 0 Å². The molecule has 1 aromatic heterocycles. The maximum absolute atomic E-state index is 5.25. The van der Waals surface area contributed by atoms with Crippen molar-refractivity contribution in [3.63, 3.8) is 0 Å². The molecule has 0 fully saturated rings. The molecular weight excluding hydrogens is 138 g/mol. The molecule has 0 atom stereocenters. The lowest BCUT2D eigenvalue weighted by molar-refractivity contribution is 0.554. The van der Waals surface area contributed by atoms with Gasteiger partial charge in [-0.15, -0.1) is 0 Å². The van der Waals surface area contributed by atoms with Gasteiger partial charge in [0, 0.05) is 18.8 Å². The van der Waals surface area contributed by atoms with Crippen LogP contribution in [0.3, 0.4) is 0 Å². The van der Waals surface area contributed by atoms with Gasteiger partial charge in [0.05, 0.1) is 6.26 Å². The lowest BCUT2D eigenvalue weighted by Gasteiger charge is -2.19.